The number of ether oxygens (including phenoxy) is 1. The molecule has 0 aliphatic carbocycles. The molecule has 1 aromatic heterocycles. The Morgan fingerprint density at radius 2 is 2.07 bits per heavy atom. The highest BCUT2D eigenvalue weighted by Crippen LogP contribution is 2.35. The van der Waals surface area contributed by atoms with Crippen LogP contribution in [0.15, 0.2) is 42.5 Å². The topological polar surface area (TPSA) is 130 Å². The van der Waals surface area contributed by atoms with Crippen LogP contribution in [0.3, 0.4) is 0 Å². The lowest BCUT2D eigenvalue weighted by atomic mass is 10.0. The van der Waals surface area contributed by atoms with Gasteiger partial charge in [-0.2, -0.15) is 0 Å². The number of aromatic amines is 1. The molecule has 0 radical (unpaired) electrons. The minimum Gasteiger partial charge on any atom is -0.477 e. The molecule has 1 unspecified atom stereocenters. The number of anilines is 2. The average Bonchev–Trinajstić information content (AvgIpc) is 3.15. The molecule has 1 saturated heterocycles. The van der Waals surface area contributed by atoms with Crippen molar-refractivity contribution in [2.24, 2.45) is 0 Å². The molecule has 2 aromatic carbocycles. The lowest BCUT2D eigenvalue weighted by Gasteiger charge is -2.26. The number of fused-ring (bicyclic) bond motifs is 1. The van der Waals surface area contributed by atoms with Crippen molar-refractivity contribution < 1.29 is 19.6 Å². The molecule has 4 rings (SSSR count). The number of carboxylic acid groups (broad SMARTS) is 1. The van der Waals surface area contributed by atoms with Gasteiger partial charge in [0.25, 0.3) is 5.69 Å². The van der Waals surface area contributed by atoms with Gasteiger partial charge in [-0.15, -0.1) is 0 Å². The Hall–Kier alpha value is -3.43. The number of rotatable bonds is 5. The van der Waals surface area contributed by atoms with Gasteiger partial charge in [-0.3, -0.25) is 10.1 Å². The van der Waals surface area contributed by atoms with Gasteiger partial charge in [-0.25, -0.2) is 4.79 Å². The van der Waals surface area contributed by atoms with E-state index in [0.717, 1.165) is 17.8 Å². The molecule has 1 fully saturated rings. The number of H-pyrrole nitrogens is 1. The van der Waals surface area contributed by atoms with Crippen molar-refractivity contribution >= 4 is 33.9 Å². The van der Waals surface area contributed by atoms with Crippen molar-refractivity contribution in [3.8, 4) is 0 Å². The Morgan fingerprint density at radius 1 is 1.25 bits per heavy atom. The first-order valence-electron chi connectivity index (χ1n) is 8.75. The Balaban J connectivity index is 1.78. The number of nitro benzene ring substituents is 1. The second kappa shape index (κ2) is 7.29. The van der Waals surface area contributed by atoms with Crippen LogP contribution in [0.25, 0.3) is 10.9 Å². The second-order valence-corrected chi connectivity index (χ2v) is 6.46. The zero-order valence-electron chi connectivity index (χ0n) is 14.8. The van der Waals surface area contributed by atoms with E-state index in [4.69, 9.17) is 4.74 Å². The standard InChI is InChI=1S/C19H18N4O5/c24-19(25)15-9-12-14(5-6-17(23(26)27)18(12)22-15)21-13-4-2-1-3-11(13)16-10-28-8-7-20-16/h1-6,9,16,20-22H,7-8,10H2,(H,24,25). The van der Waals surface area contributed by atoms with E-state index in [2.05, 4.69) is 15.6 Å². The summed E-state index contributed by atoms with van der Waals surface area (Å²) in [5.74, 6) is -1.18. The lowest BCUT2D eigenvalue weighted by Crippen LogP contribution is -2.34. The lowest BCUT2D eigenvalue weighted by molar-refractivity contribution is -0.383. The molecule has 28 heavy (non-hydrogen) atoms. The van der Waals surface area contributed by atoms with Crippen molar-refractivity contribution in [2.75, 3.05) is 25.1 Å². The number of hydrogen-bond donors (Lipinski definition) is 4. The monoisotopic (exact) mass is 382 g/mol. The van der Waals surface area contributed by atoms with Crippen molar-refractivity contribution in [1.82, 2.24) is 10.3 Å². The van der Waals surface area contributed by atoms with Crippen molar-refractivity contribution in [3.05, 3.63) is 63.8 Å². The van der Waals surface area contributed by atoms with E-state index < -0.39 is 10.9 Å². The van der Waals surface area contributed by atoms with Crippen LogP contribution in [-0.4, -0.2) is 40.7 Å². The summed E-state index contributed by atoms with van der Waals surface area (Å²) in [5.41, 5.74) is 2.28. The molecule has 9 heteroatoms. The molecule has 4 N–H and O–H groups in total. The predicted octanol–water partition coefficient (Wildman–Crippen LogP) is 3.18. The Bertz CT molecular complexity index is 1060. The van der Waals surface area contributed by atoms with E-state index in [1.807, 2.05) is 24.3 Å². The zero-order valence-corrected chi connectivity index (χ0v) is 14.8. The normalized spacial score (nSPS) is 16.8. The summed E-state index contributed by atoms with van der Waals surface area (Å²) in [7, 11) is 0. The fourth-order valence-electron chi connectivity index (χ4n) is 3.41. The summed E-state index contributed by atoms with van der Waals surface area (Å²) >= 11 is 0. The highest BCUT2D eigenvalue weighted by molar-refractivity contribution is 6.03. The molecule has 2 heterocycles. The van der Waals surface area contributed by atoms with Crippen LogP contribution in [0.2, 0.25) is 0 Å². The molecule has 3 aromatic rings. The van der Waals surface area contributed by atoms with E-state index in [1.54, 1.807) is 6.07 Å². The molecular weight excluding hydrogens is 364 g/mol. The quantitative estimate of drug-likeness (QED) is 0.394. The second-order valence-electron chi connectivity index (χ2n) is 6.46. The summed E-state index contributed by atoms with van der Waals surface area (Å²) in [6.45, 7) is 1.96. The number of nitrogens with one attached hydrogen (secondary N) is 3. The predicted molar refractivity (Wildman–Crippen MR) is 103 cm³/mol. The van der Waals surface area contributed by atoms with E-state index >= 15 is 0 Å². The Morgan fingerprint density at radius 3 is 2.79 bits per heavy atom. The van der Waals surface area contributed by atoms with Crippen LogP contribution in [0.4, 0.5) is 17.1 Å². The van der Waals surface area contributed by atoms with Crippen LogP contribution in [-0.2, 0) is 4.74 Å². The minimum atomic E-state index is -1.18. The molecule has 0 saturated carbocycles. The number of morpholine rings is 1. The molecule has 0 bridgehead atoms. The number of aromatic carboxylic acids is 1. The number of nitrogens with zero attached hydrogens (tertiary/aromatic N) is 1. The highest BCUT2D eigenvalue weighted by atomic mass is 16.6. The molecular formula is C19H18N4O5. The summed E-state index contributed by atoms with van der Waals surface area (Å²) in [6.07, 6.45) is 0. The third-order valence-corrected chi connectivity index (χ3v) is 4.73. The molecule has 1 atom stereocenters. The number of hydrogen-bond acceptors (Lipinski definition) is 6. The molecule has 1 aliphatic rings. The van der Waals surface area contributed by atoms with Crippen LogP contribution >= 0.6 is 0 Å². The van der Waals surface area contributed by atoms with Gasteiger partial charge in [0.05, 0.1) is 24.2 Å². The maximum Gasteiger partial charge on any atom is 0.352 e. The molecule has 1 aliphatic heterocycles. The number of non-ortho nitro benzene ring substituents is 1. The van der Waals surface area contributed by atoms with Crippen LogP contribution < -0.4 is 10.6 Å². The fourth-order valence-corrected chi connectivity index (χ4v) is 3.41. The third-order valence-electron chi connectivity index (χ3n) is 4.73. The maximum atomic E-state index is 11.3. The smallest absolute Gasteiger partial charge is 0.352 e. The summed E-state index contributed by atoms with van der Waals surface area (Å²) < 4.78 is 5.55. The molecule has 144 valence electrons. The van der Waals surface area contributed by atoms with E-state index in [1.165, 1.54) is 12.1 Å². The van der Waals surface area contributed by atoms with Gasteiger partial charge >= 0.3 is 5.97 Å². The number of nitro groups is 1. The van der Waals surface area contributed by atoms with Gasteiger partial charge < -0.3 is 25.5 Å². The maximum absolute atomic E-state index is 11.3. The van der Waals surface area contributed by atoms with Crippen molar-refractivity contribution in [1.29, 1.82) is 0 Å². The summed E-state index contributed by atoms with van der Waals surface area (Å²) in [4.78, 5) is 24.8. The van der Waals surface area contributed by atoms with Crippen LogP contribution in [0.1, 0.15) is 22.1 Å². The molecule has 9 nitrogen and oxygen atoms in total. The SMILES string of the molecule is O=C(O)c1cc2c(Nc3ccccc3C3COCCN3)ccc([N+](=O)[O-])c2[nH]1. The van der Waals surface area contributed by atoms with Gasteiger partial charge in [-0.05, 0) is 23.8 Å². The number of benzene rings is 2. The van der Waals surface area contributed by atoms with Gasteiger partial charge in [0.1, 0.15) is 11.2 Å². The summed E-state index contributed by atoms with van der Waals surface area (Å²) in [5, 5.41) is 27.7. The zero-order chi connectivity index (χ0) is 19.7. The first kappa shape index (κ1) is 18.0. The minimum absolute atomic E-state index is 0.0202. The third kappa shape index (κ3) is 3.28. The van der Waals surface area contributed by atoms with Crippen LogP contribution in [0, 0.1) is 10.1 Å². The van der Waals surface area contributed by atoms with Crippen molar-refractivity contribution in [3.63, 3.8) is 0 Å². The van der Waals surface area contributed by atoms with Crippen molar-refractivity contribution in [2.45, 2.75) is 6.04 Å². The molecule has 0 spiro atoms. The first-order chi connectivity index (χ1) is 13.5. The van der Waals surface area contributed by atoms with E-state index in [-0.39, 0.29) is 22.9 Å². The van der Waals surface area contributed by atoms with Gasteiger partial charge in [0.2, 0.25) is 0 Å². The number of para-hydroxylation sites is 1. The van der Waals surface area contributed by atoms with E-state index in [0.29, 0.717) is 24.3 Å². The number of carbonyl (C=O) groups is 1. The van der Waals surface area contributed by atoms with Gasteiger partial charge in [0.15, 0.2) is 0 Å². The van der Waals surface area contributed by atoms with E-state index in [9.17, 15) is 20.0 Å². The largest absolute Gasteiger partial charge is 0.477 e. The van der Waals surface area contributed by atoms with Gasteiger partial charge in [0, 0.05) is 29.4 Å². The van der Waals surface area contributed by atoms with Gasteiger partial charge in [-0.1, -0.05) is 18.2 Å². The first-order valence-corrected chi connectivity index (χ1v) is 8.75. The highest BCUT2D eigenvalue weighted by Gasteiger charge is 2.22. The average molecular weight is 382 g/mol. The number of carboxylic acids is 1. The Kier molecular flexibility index (Phi) is 4.68. The molecule has 0 amide bonds. The summed E-state index contributed by atoms with van der Waals surface area (Å²) in [6, 6.07) is 12.1. The van der Waals surface area contributed by atoms with Crippen LogP contribution in [0.5, 0.6) is 0 Å². The Labute approximate surface area is 159 Å². The fraction of sp³-hybridized carbons (Fsp3) is 0.211. The number of aromatic nitrogens is 1.